The van der Waals surface area contributed by atoms with E-state index in [1.54, 1.807) is 6.07 Å². The Kier molecular flexibility index (Phi) is 2.92. The van der Waals surface area contributed by atoms with E-state index in [0.29, 0.717) is 11.1 Å². The predicted molar refractivity (Wildman–Crippen MR) is 55.5 cm³/mol. The van der Waals surface area contributed by atoms with Crippen LogP contribution in [0.25, 0.3) is 11.1 Å². The molecule has 0 bridgehead atoms. The van der Waals surface area contributed by atoms with Crippen molar-refractivity contribution in [1.82, 2.24) is 4.98 Å². The lowest BCUT2D eigenvalue weighted by Crippen LogP contribution is -1.93. The number of pyridine rings is 1. The Balaban J connectivity index is 2.58. The molecular formula is C12H9F2NO. The van der Waals surface area contributed by atoms with Gasteiger partial charge in [0.15, 0.2) is 0 Å². The molecule has 82 valence electrons. The Bertz CT molecular complexity index is 514. The summed E-state index contributed by atoms with van der Waals surface area (Å²) in [6.45, 7) is -0.214. The summed E-state index contributed by atoms with van der Waals surface area (Å²) in [6.07, 6.45) is 2.96. The lowest BCUT2D eigenvalue weighted by atomic mass is 10.0. The topological polar surface area (TPSA) is 33.1 Å². The van der Waals surface area contributed by atoms with E-state index in [1.165, 1.54) is 24.5 Å². The molecule has 0 radical (unpaired) electrons. The van der Waals surface area contributed by atoms with Gasteiger partial charge in [-0.1, -0.05) is 0 Å². The summed E-state index contributed by atoms with van der Waals surface area (Å²) < 4.78 is 26.2. The number of hydrogen-bond acceptors (Lipinski definition) is 2. The van der Waals surface area contributed by atoms with Crippen LogP contribution in [0.4, 0.5) is 8.78 Å². The average molecular weight is 221 g/mol. The molecule has 1 aromatic carbocycles. The van der Waals surface area contributed by atoms with Crippen LogP contribution in [0.2, 0.25) is 0 Å². The van der Waals surface area contributed by atoms with Gasteiger partial charge in [-0.2, -0.15) is 0 Å². The van der Waals surface area contributed by atoms with Crippen LogP contribution in [0.5, 0.6) is 0 Å². The maximum Gasteiger partial charge on any atom is 0.134 e. The third-order valence-corrected chi connectivity index (χ3v) is 2.30. The highest BCUT2D eigenvalue weighted by molar-refractivity contribution is 5.66. The molecule has 4 heteroatoms. The molecule has 0 unspecified atom stereocenters. The maximum absolute atomic E-state index is 13.5. The fraction of sp³-hybridized carbons (Fsp3) is 0.0833. The van der Waals surface area contributed by atoms with E-state index in [1.807, 2.05) is 0 Å². The highest BCUT2D eigenvalue weighted by atomic mass is 19.1. The molecule has 1 aromatic heterocycles. The number of nitrogens with zero attached hydrogens (tertiary/aromatic N) is 1. The summed E-state index contributed by atoms with van der Waals surface area (Å²) in [5.41, 5.74) is 1.27. The van der Waals surface area contributed by atoms with E-state index in [0.717, 1.165) is 6.07 Å². The standard InChI is InChI=1S/C12H9F2NO/c13-9-1-2-10(12(14)5-9)11-6-15-4-3-8(11)7-16/h1-6,16H,7H2. The zero-order valence-electron chi connectivity index (χ0n) is 8.32. The number of rotatable bonds is 2. The molecule has 1 heterocycles. The van der Waals surface area contributed by atoms with Crippen LogP contribution >= 0.6 is 0 Å². The maximum atomic E-state index is 13.5. The van der Waals surface area contributed by atoms with Gasteiger partial charge in [0.1, 0.15) is 11.6 Å². The SMILES string of the molecule is OCc1ccncc1-c1ccc(F)cc1F. The molecule has 0 saturated heterocycles. The zero-order valence-corrected chi connectivity index (χ0v) is 8.32. The molecule has 0 saturated carbocycles. The molecular weight excluding hydrogens is 212 g/mol. The summed E-state index contributed by atoms with van der Waals surface area (Å²) in [7, 11) is 0. The van der Waals surface area contributed by atoms with Gasteiger partial charge in [0.05, 0.1) is 6.61 Å². The summed E-state index contributed by atoms with van der Waals surface area (Å²) >= 11 is 0. The van der Waals surface area contributed by atoms with Crippen LogP contribution in [-0.4, -0.2) is 10.1 Å². The van der Waals surface area contributed by atoms with Gasteiger partial charge in [0.25, 0.3) is 0 Å². The molecule has 0 aliphatic heterocycles. The first kappa shape index (κ1) is 10.7. The summed E-state index contributed by atoms with van der Waals surface area (Å²) in [4.78, 5) is 3.86. The van der Waals surface area contributed by atoms with Gasteiger partial charge < -0.3 is 5.11 Å². The number of benzene rings is 1. The van der Waals surface area contributed by atoms with Crippen LogP contribution in [-0.2, 0) is 6.61 Å². The van der Waals surface area contributed by atoms with Crippen LogP contribution in [0.15, 0.2) is 36.7 Å². The largest absolute Gasteiger partial charge is 0.392 e. The molecule has 0 aliphatic rings. The van der Waals surface area contributed by atoms with Crippen molar-refractivity contribution in [2.24, 2.45) is 0 Å². The third kappa shape index (κ3) is 1.92. The molecule has 0 aliphatic carbocycles. The van der Waals surface area contributed by atoms with Crippen molar-refractivity contribution in [3.05, 3.63) is 53.9 Å². The summed E-state index contributed by atoms with van der Waals surface area (Å²) in [5, 5.41) is 9.10. The van der Waals surface area contributed by atoms with E-state index in [-0.39, 0.29) is 12.2 Å². The van der Waals surface area contributed by atoms with E-state index < -0.39 is 11.6 Å². The number of hydrogen-bond donors (Lipinski definition) is 1. The Hall–Kier alpha value is -1.81. The molecule has 0 amide bonds. The predicted octanol–water partition coefficient (Wildman–Crippen LogP) is 2.52. The lowest BCUT2D eigenvalue weighted by molar-refractivity contribution is 0.282. The minimum atomic E-state index is -0.664. The van der Waals surface area contributed by atoms with E-state index in [4.69, 9.17) is 5.11 Å². The lowest BCUT2D eigenvalue weighted by Gasteiger charge is -2.07. The molecule has 16 heavy (non-hydrogen) atoms. The van der Waals surface area contributed by atoms with Gasteiger partial charge in [-0.25, -0.2) is 8.78 Å². The summed E-state index contributed by atoms with van der Waals surface area (Å²) in [6, 6.07) is 4.91. The quantitative estimate of drug-likeness (QED) is 0.845. The molecule has 2 aromatic rings. The van der Waals surface area contributed by atoms with Gasteiger partial charge in [-0.15, -0.1) is 0 Å². The van der Waals surface area contributed by atoms with Crippen LogP contribution in [0.1, 0.15) is 5.56 Å². The first-order valence-corrected chi connectivity index (χ1v) is 4.71. The van der Waals surface area contributed by atoms with Gasteiger partial charge in [0.2, 0.25) is 0 Å². The van der Waals surface area contributed by atoms with Gasteiger partial charge in [0, 0.05) is 29.6 Å². The average Bonchev–Trinajstić information content (AvgIpc) is 2.29. The molecule has 0 spiro atoms. The van der Waals surface area contributed by atoms with Crippen molar-refractivity contribution >= 4 is 0 Å². The van der Waals surface area contributed by atoms with Crippen molar-refractivity contribution in [3.63, 3.8) is 0 Å². The van der Waals surface area contributed by atoms with Crippen molar-refractivity contribution in [1.29, 1.82) is 0 Å². The van der Waals surface area contributed by atoms with Crippen molar-refractivity contribution in [2.75, 3.05) is 0 Å². The van der Waals surface area contributed by atoms with Crippen LogP contribution < -0.4 is 0 Å². The van der Waals surface area contributed by atoms with Crippen molar-refractivity contribution < 1.29 is 13.9 Å². The van der Waals surface area contributed by atoms with Gasteiger partial charge >= 0.3 is 0 Å². The fourth-order valence-electron chi connectivity index (χ4n) is 1.51. The molecule has 2 rings (SSSR count). The molecule has 2 nitrogen and oxygen atoms in total. The smallest absolute Gasteiger partial charge is 0.134 e. The number of aliphatic hydroxyl groups excluding tert-OH is 1. The van der Waals surface area contributed by atoms with E-state index in [9.17, 15) is 8.78 Å². The second-order valence-corrected chi connectivity index (χ2v) is 3.32. The highest BCUT2D eigenvalue weighted by Crippen LogP contribution is 2.25. The first-order chi connectivity index (χ1) is 7.72. The van der Waals surface area contributed by atoms with Gasteiger partial charge in [-0.05, 0) is 23.8 Å². The highest BCUT2D eigenvalue weighted by Gasteiger charge is 2.10. The minimum Gasteiger partial charge on any atom is -0.392 e. The number of aliphatic hydroxyl groups is 1. The Morgan fingerprint density at radius 3 is 2.62 bits per heavy atom. The van der Waals surface area contributed by atoms with E-state index in [2.05, 4.69) is 4.98 Å². The van der Waals surface area contributed by atoms with Crippen LogP contribution in [0.3, 0.4) is 0 Å². The summed E-state index contributed by atoms with van der Waals surface area (Å²) in [5.74, 6) is -1.29. The molecule has 1 N–H and O–H groups in total. The number of aromatic nitrogens is 1. The Morgan fingerprint density at radius 1 is 1.12 bits per heavy atom. The minimum absolute atomic E-state index is 0.214. The van der Waals surface area contributed by atoms with E-state index >= 15 is 0 Å². The monoisotopic (exact) mass is 221 g/mol. The Morgan fingerprint density at radius 2 is 1.94 bits per heavy atom. The first-order valence-electron chi connectivity index (χ1n) is 4.71. The van der Waals surface area contributed by atoms with Gasteiger partial charge in [-0.3, -0.25) is 4.98 Å². The zero-order chi connectivity index (χ0) is 11.5. The second kappa shape index (κ2) is 4.37. The van der Waals surface area contributed by atoms with Crippen molar-refractivity contribution in [3.8, 4) is 11.1 Å². The Labute approximate surface area is 91.2 Å². The molecule has 0 atom stereocenters. The molecule has 0 fully saturated rings. The number of halogens is 2. The fourth-order valence-corrected chi connectivity index (χ4v) is 1.51. The van der Waals surface area contributed by atoms with Crippen molar-refractivity contribution in [2.45, 2.75) is 6.61 Å². The second-order valence-electron chi connectivity index (χ2n) is 3.32. The normalized spacial score (nSPS) is 10.4. The van der Waals surface area contributed by atoms with Crippen LogP contribution in [0, 0.1) is 11.6 Å². The third-order valence-electron chi connectivity index (χ3n) is 2.30.